The predicted octanol–water partition coefficient (Wildman–Crippen LogP) is 5.53. The van der Waals surface area contributed by atoms with E-state index in [1.165, 1.54) is 16.0 Å². The summed E-state index contributed by atoms with van der Waals surface area (Å²) in [5, 5.41) is 6.83. The van der Waals surface area contributed by atoms with Gasteiger partial charge in [-0.05, 0) is 55.3 Å². The number of hydrogen-bond acceptors (Lipinski definition) is 5. The summed E-state index contributed by atoms with van der Waals surface area (Å²) in [5.74, 6) is 1.32. The number of rotatable bonds is 7. The first-order valence-corrected chi connectivity index (χ1v) is 10.2. The summed E-state index contributed by atoms with van der Waals surface area (Å²) in [4.78, 5) is 18.9. The minimum Gasteiger partial charge on any atom is -0.339 e. The van der Waals surface area contributed by atoms with Crippen LogP contribution < -0.4 is 5.32 Å². The van der Waals surface area contributed by atoms with Crippen LogP contribution in [0.3, 0.4) is 0 Å². The van der Waals surface area contributed by atoms with Crippen LogP contribution in [0.5, 0.6) is 0 Å². The fraction of sp³-hybridized carbons (Fsp3) is 0.318. The smallest absolute Gasteiger partial charge is 0.227 e. The second-order valence-corrected chi connectivity index (χ2v) is 8.26. The van der Waals surface area contributed by atoms with E-state index in [2.05, 4.69) is 47.5 Å². The van der Waals surface area contributed by atoms with Crippen molar-refractivity contribution in [3.05, 3.63) is 65.3 Å². The largest absolute Gasteiger partial charge is 0.339 e. The standard InChI is InChI=1S/C22H25N3O2S/c1-14(2)22-24-21(27-25-22)12-11-20(26)23-17-7-9-18(10-8-17)28-19-13-15(3)5-6-16(19)4/h5-10,13-14H,11-12H2,1-4H3,(H,23,26). The zero-order valence-corrected chi connectivity index (χ0v) is 17.5. The summed E-state index contributed by atoms with van der Waals surface area (Å²) in [6, 6.07) is 14.3. The van der Waals surface area contributed by atoms with Gasteiger partial charge in [-0.3, -0.25) is 4.79 Å². The molecule has 1 aromatic heterocycles. The van der Waals surface area contributed by atoms with Crippen LogP contribution in [0.15, 0.2) is 56.8 Å². The maximum atomic E-state index is 12.2. The molecule has 0 radical (unpaired) electrons. The van der Waals surface area contributed by atoms with E-state index < -0.39 is 0 Å². The van der Waals surface area contributed by atoms with Crippen LogP contribution in [0.1, 0.15) is 49.0 Å². The number of anilines is 1. The van der Waals surface area contributed by atoms with E-state index in [0.29, 0.717) is 24.6 Å². The number of aromatic nitrogens is 2. The highest BCUT2D eigenvalue weighted by molar-refractivity contribution is 7.99. The monoisotopic (exact) mass is 395 g/mol. The molecule has 28 heavy (non-hydrogen) atoms. The number of nitrogens with one attached hydrogen (secondary N) is 1. The van der Waals surface area contributed by atoms with E-state index in [1.807, 2.05) is 38.1 Å². The van der Waals surface area contributed by atoms with Crippen LogP contribution in [-0.4, -0.2) is 16.0 Å². The van der Waals surface area contributed by atoms with E-state index in [4.69, 9.17) is 4.52 Å². The number of amides is 1. The second kappa shape index (κ2) is 9.06. The third-order valence-electron chi connectivity index (χ3n) is 4.28. The Hall–Kier alpha value is -2.60. The van der Waals surface area contributed by atoms with E-state index in [1.54, 1.807) is 11.8 Å². The molecule has 2 aromatic carbocycles. The summed E-state index contributed by atoms with van der Waals surface area (Å²) in [5.41, 5.74) is 3.29. The van der Waals surface area contributed by atoms with Crippen molar-refractivity contribution in [2.75, 3.05) is 5.32 Å². The molecule has 1 amide bonds. The Kier molecular flexibility index (Phi) is 6.52. The van der Waals surface area contributed by atoms with Crippen molar-refractivity contribution in [1.29, 1.82) is 0 Å². The van der Waals surface area contributed by atoms with Crippen LogP contribution in [-0.2, 0) is 11.2 Å². The average molecular weight is 396 g/mol. The molecule has 0 aliphatic heterocycles. The molecule has 1 heterocycles. The summed E-state index contributed by atoms with van der Waals surface area (Å²) in [7, 11) is 0. The van der Waals surface area contributed by atoms with Gasteiger partial charge < -0.3 is 9.84 Å². The lowest BCUT2D eigenvalue weighted by atomic mass is 10.2. The molecule has 146 valence electrons. The molecule has 0 atom stereocenters. The molecule has 0 bridgehead atoms. The van der Waals surface area contributed by atoms with Crippen molar-refractivity contribution in [2.24, 2.45) is 0 Å². The van der Waals surface area contributed by atoms with Crippen LogP contribution in [0.2, 0.25) is 0 Å². The lowest BCUT2D eigenvalue weighted by Crippen LogP contribution is -2.12. The normalized spacial score (nSPS) is 11.0. The van der Waals surface area contributed by atoms with E-state index >= 15 is 0 Å². The Balaban J connectivity index is 1.53. The molecular formula is C22H25N3O2S. The molecule has 3 rings (SSSR count). The van der Waals surface area contributed by atoms with Crippen LogP contribution >= 0.6 is 11.8 Å². The van der Waals surface area contributed by atoms with Crippen molar-refractivity contribution in [3.8, 4) is 0 Å². The second-order valence-electron chi connectivity index (χ2n) is 7.14. The van der Waals surface area contributed by atoms with Gasteiger partial charge in [0.2, 0.25) is 11.8 Å². The van der Waals surface area contributed by atoms with Crippen molar-refractivity contribution in [3.63, 3.8) is 0 Å². The molecule has 0 fully saturated rings. The highest BCUT2D eigenvalue weighted by Crippen LogP contribution is 2.31. The Morgan fingerprint density at radius 2 is 1.89 bits per heavy atom. The van der Waals surface area contributed by atoms with E-state index in [0.717, 1.165) is 10.6 Å². The molecular weight excluding hydrogens is 370 g/mol. The molecule has 0 saturated heterocycles. The van der Waals surface area contributed by atoms with Gasteiger partial charge in [0.25, 0.3) is 0 Å². The molecule has 0 aliphatic carbocycles. The molecule has 0 unspecified atom stereocenters. The van der Waals surface area contributed by atoms with Gasteiger partial charge in [0, 0.05) is 34.2 Å². The third-order valence-corrected chi connectivity index (χ3v) is 5.44. The van der Waals surface area contributed by atoms with Crippen molar-refractivity contribution < 1.29 is 9.32 Å². The highest BCUT2D eigenvalue weighted by Gasteiger charge is 2.11. The van der Waals surface area contributed by atoms with Crippen LogP contribution in [0.4, 0.5) is 5.69 Å². The highest BCUT2D eigenvalue weighted by atomic mass is 32.2. The van der Waals surface area contributed by atoms with Gasteiger partial charge in [0.15, 0.2) is 5.82 Å². The maximum Gasteiger partial charge on any atom is 0.227 e. The SMILES string of the molecule is Cc1ccc(C)c(Sc2ccc(NC(=O)CCc3nc(C(C)C)no3)cc2)c1. The Labute approximate surface area is 169 Å². The first-order valence-electron chi connectivity index (χ1n) is 9.38. The van der Waals surface area contributed by atoms with E-state index in [9.17, 15) is 4.79 Å². The minimum atomic E-state index is -0.0702. The van der Waals surface area contributed by atoms with E-state index in [-0.39, 0.29) is 11.8 Å². The van der Waals surface area contributed by atoms with Crippen LogP contribution in [0, 0.1) is 13.8 Å². The lowest BCUT2D eigenvalue weighted by Gasteiger charge is -2.08. The maximum absolute atomic E-state index is 12.2. The van der Waals surface area contributed by atoms with Gasteiger partial charge in [0.1, 0.15) is 0 Å². The fourth-order valence-corrected chi connectivity index (χ4v) is 3.60. The summed E-state index contributed by atoms with van der Waals surface area (Å²) < 4.78 is 5.17. The molecule has 3 aromatic rings. The average Bonchev–Trinajstić information content (AvgIpc) is 3.14. The number of nitrogens with zero attached hydrogens (tertiary/aromatic N) is 2. The number of benzene rings is 2. The zero-order chi connectivity index (χ0) is 20.1. The Morgan fingerprint density at radius 1 is 1.14 bits per heavy atom. The topological polar surface area (TPSA) is 68.0 Å². The molecule has 0 spiro atoms. The zero-order valence-electron chi connectivity index (χ0n) is 16.7. The van der Waals surface area contributed by atoms with Gasteiger partial charge >= 0.3 is 0 Å². The first kappa shape index (κ1) is 20.1. The van der Waals surface area contributed by atoms with Crippen molar-refractivity contribution in [1.82, 2.24) is 10.1 Å². The number of aryl methyl sites for hydroxylation is 3. The Morgan fingerprint density at radius 3 is 2.57 bits per heavy atom. The molecule has 5 nitrogen and oxygen atoms in total. The summed E-state index contributed by atoms with van der Waals surface area (Å²) in [6.07, 6.45) is 0.741. The lowest BCUT2D eigenvalue weighted by molar-refractivity contribution is -0.116. The molecule has 6 heteroatoms. The van der Waals surface area contributed by atoms with Crippen LogP contribution in [0.25, 0.3) is 0 Å². The fourth-order valence-electron chi connectivity index (χ4n) is 2.60. The summed E-state index contributed by atoms with van der Waals surface area (Å²) >= 11 is 1.73. The molecule has 1 N–H and O–H groups in total. The van der Waals surface area contributed by atoms with Gasteiger partial charge in [0.05, 0.1) is 0 Å². The quantitative estimate of drug-likeness (QED) is 0.569. The van der Waals surface area contributed by atoms with Gasteiger partial charge in [-0.1, -0.05) is 42.9 Å². The molecule has 0 aliphatic rings. The van der Waals surface area contributed by atoms with Gasteiger partial charge in [-0.15, -0.1) is 0 Å². The van der Waals surface area contributed by atoms with Gasteiger partial charge in [-0.2, -0.15) is 4.98 Å². The minimum absolute atomic E-state index is 0.0702. The first-order chi connectivity index (χ1) is 13.4. The van der Waals surface area contributed by atoms with Gasteiger partial charge in [-0.25, -0.2) is 0 Å². The Bertz CT molecular complexity index is 949. The number of carbonyl (C=O) groups excluding carboxylic acids is 1. The van der Waals surface area contributed by atoms with Crippen molar-refractivity contribution >= 4 is 23.4 Å². The predicted molar refractivity (Wildman–Crippen MR) is 112 cm³/mol. The third kappa shape index (κ3) is 5.45. The number of carbonyl (C=O) groups is 1. The number of hydrogen-bond donors (Lipinski definition) is 1. The molecule has 0 saturated carbocycles. The van der Waals surface area contributed by atoms with Crippen molar-refractivity contribution in [2.45, 2.75) is 56.2 Å². The summed E-state index contributed by atoms with van der Waals surface area (Å²) in [6.45, 7) is 8.22.